The maximum Gasteiger partial charge on any atom is 0.315 e. The second kappa shape index (κ2) is 9.57. The lowest BCUT2D eigenvalue weighted by Gasteiger charge is -2.38. The van der Waals surface area contributed by atoms with Gasteiger partial charge in [0.1, 0.15) is 0 Å². The fourth-order valence-electron chi connectivity index (χ4n) is 3.29. The molecular weight excluding hydrogens is 330 g/mol. The molecule has 2 rings (SSSR count). The van der Waals surface area contributed by atoms with Crippen molar-refractivity contribution in [3.63, 3.8) is 0 Å². The summed E-state index contributed by atoms with van der Waals surface area (Å²) in [6.45, 7) is 4.96. The Morgan fingerprint density at radius 3 is 2.50 bits per heavy atom. The number of nitrogens with zero attached hydrogens (tertiary/aromatic N) is 1. The van der Waals surface area contributed by atoms with Gasteiger partial charge >= 0.3 is 12.0 Å². The molecule has 1 aromatic carbocycles. The van der Waals surface area contributed by atoms with E-state index in [0.717, 1.165) is 31.5 Å². The number of hydrogen-bond acceptors (Lipinski definition) is 3. The van der Waals surface area contributed by atoms with Gasteiger partial charge in [-0.3, -0.25) is 4.79 Å². The predicted molar refractivity (Wildman–Crippen MR) is 102 cm³/mol. The molecule has 0 spiro atoms. The number of urea groups is 1. The normalized spacial score (nSPS) is 18.1. The Morgan fingerprint density at radius 1 is 1.23 bits per heavy atom. The van der Waals surface area contributed by atoms with Crippen LogP contribution in [-0.2, 0) is 11.2 Å². The number of hydrogen-bond donors (Lipinski definition) is 3. The molecular formula is C20H31N3O3. The van der Waals surface area contributed by atoms with Gasteiger partial charge in [-0.1, -0.05) is 37.3 Å². The predicted octanol–water partition coefficient (Wildman–Crippen LogP) is 2.49. The quantitative estimate of drug-likeness (QED) is 0.664. The number of piperidine rings is 1. The maximum atomic E-state index is 12.4. The molecule has 26 heavy (non-hydrogen) atoms. The number of aliphatic carboxylic acids is 1. The minimum atomic E-state index is -0.843. The van der Waals surface area contributed by atoms with Crippen molar-refractivity contribution < 1.29 is 14.7 Å². The summed E-state index contributed by atoms with van der Waals surface area (Å²) in [5.74, 6) is -0.843. The molecule has 2 amide bonds. The molecule has 1 aliphatic rings. The monoisotopic (exact) mass is 361 g/mol. The van der Waals surface area contributed by atoms with Crippen molar-refractivity contribution in [1.29, 1.82) is 0 Å². The maximum absolute atomic E-state index is 12.4. The van der Waals surface area contributed by atoms with E-state index in [1.807, 2.05) is 30.3 Å². The lowest BCUT2D eigenvalue weighted by atomic mass is 9.80. The van der Waals surface area contributed by atoms with Crippen molar-refractivity contribution >= 4 is 12.0 Å². The van der Waals surface area contributed by atoms with E-state index in [4.69, 9.17) is 5.11 Å². The van der Waals surface area contributed by atoms with E-state index in [0.29, 0.717) is 19.4 Å². The Bertz CT molecular complexity index is 583. The molecule has 3 N–H and O–H groups in total. The third kappa shape index (κ3) is 7.04. The third-order valence-electron chi connectivity index (χ3n) is 5.24. The molecule has 1 atom stereocenters. The van der Waals surface area contributed by atoms with E-state index in [1.165, 1.54) is 0 Å². The summed E-state index contributed by atoms with van der Waals surface area (Å²) in [4.78, 5) is 25.6. The Hall–Kier alpha value is -2.08. The Morgan fingerprint density at radius 2 is 1.88 bits per heavy atom. The van der Waals surface area contributed by atoms with E-state index in [-0.39, 0.29) is 23.9 Å². The van der Waals surface area contributed by atoms with Crippen molar-refractivity contribution in [3.8, 4) is 0 Å². The van der Waals surface area contributed by atoms with Gasteiger partial charge in [-0.25, -0.2) is 4.79 Å². The fraction of sp³-hybridized carbons (Fsp3) is 0.600. The minimum Gasteiger partial charge on any atom is -0.481 e. The Kier molecular flexibility index (Phi) is 7.45. The van der Waals surface area contributed by atoms with Crippen LogP contribution in [0.5, 0.6) is 0 Å². The molecule has 1 heterocycles. The Labute approximate surface area is 156 Å². The van der Waals surface area contributed by atoms with Crippen LogP contribution in [0.25, 0.3) is 0 Å². The first-order chi connectivity index (χ1) is 12.4. The number of carbonyl (C=O) groups excluding carboxylic acids is 1. The molecule has 1 aliphatic heterocycles. The SMILES string of the molecule is CN1CCC(C)(CNC(=O)NC(CCC(=O)O)Cc2ccccc2)CC1. The zero-order valence-corrected chi connectivity index (χ0v) is 15.8. The van der Waals surface area contributed by atoms with Gasteiger partial charge in [0, 0.05) is 19.0 Å². The van der Waals surface area contributed by atoms with Crippen molar-refractivity contribution in [2.45, 2.75) is 45.1 Å². The zero-order chi connectivity index (χ0) is 19.0. The topological polar surface area (TPSA) is 81.7 Å². The highest BCUT2D eigenvalue weighted by Crippen LogP contribution is 2.29. The second-order valence-corrected chi connectivity index (χ2v) is 7.76. The molecule has 144 valence electrons. The van der Waals surface area contributed by atoms with Gasteiger partial charge in [0.15, 0.2) is 0 Å². The smallest absolute Gasteiger partial charge is 0.315 e. The van der Waals surface area contributed by atoms with Crippen LogP contribution in [0.4, 0.5) is 4.79 Å². The Balaban J connectivity index is 1.85. The first kappa shape index (κ1) is 20.2. The first-order valence-electron chi connectivity index (χ1n) is 9.35. The number of amides is 2. The second-order valence-electron chi connectivity index (χ2n) is 7.76. The van der Waals surface area contributed by atoms with Crippen molar-refractivity contribution in [2.24, 2.45) is 5.41 Å². The highest BCUT2D eigenvalue weighted by Gasteiger charge is 2.29. The van der Waals surface area contributed by atoms with Crippen LogP contribution >= 0.6 is 0 Å². The number of carboxylic acid groups (broad SMARTS) is 1. The summed E-state index contributed by atoms with van der Waals surface area (Å²) in [7, 11) is 2.12. The number of nitrogens with one attached hydrogen (secondary N) is 2. The minimum absolute atomic E-state index is 0.0435. The van der Waals surface area contributed by atoms with E-state index in [9.17, 15) is 9.59 Å². The average Bonchev–Trinajstić information content (AvgIpc) is 2.62. The van der Waals surface area contributed by atoms with Gasteiger partial charge in [-0.15, -0.1) is 0 Å². The van der Waals surface area contributed by atoms with Crippen LogP contribution < -0.4 is 10.6 Å². The van der Waals surface area contributed by atoms with Crippen LogP contribution in [0, 0.1) is 5.41 Å². The van der Waals surface area contributed by atoms with Gasteiger partial charge < -0.3 is 20.6 Å². The van der Waals surface area contributed by atoms with Crippen LogP contribution in [0.3, 0.4) is 0 Å². The van der Waals surface area contributed by atoms with Crippen molar-refractivity contribution in [2.75, 3.05) is 26.7 Å². The number of carboxylic acids is 1. The standard InChI is InChI=1S/C20H31N3O3/c1-20(10-12-23(2)13-11-20)15-21-19(26)22-17(8-9-18(24)25)14-16-6-4-3-5-7-16/h3-7,17H,8-15H2,1-2H3,(H,24,25)(H2,21,22,26). The molecule has 6 nitrogen and oxygen atoms in total. The average molecular weight is 361 g/mol. The lowest BCUT2D eigenvalue weighted by molar-refractivity contribution is -0.137. The summed E-state index contributed by atoms with van der Waals surface area (Å²) in [6, 6.07) is 9.42. The zero-order valence-electron chi connectivity index (χ0n) is 15.8. The summed E-state index contributed by atoms with van der Waals surface area (Å²) in [6.07, 6.45) is 3.22. The molecule has 1 unspecified atom stereocenters. The molecule has 0 aromatic heterocycles. The van der Waals surface area contributed by atoms with Gasteiger partial charge in [-0.05, 0) is 56.8 Å². The molecule has 0 bridgehead atoms. The van der Waals surface area contributed by atoms with Gasteiger partial charge in [0.25, 0.3) is 0 Å². The van der Waals surface area contributed by atoms with E-state index in [1.54, 1.807) is 0 Å². The van der Waals surface area contributed by atoms with E-state index in [2.05, 4.69) is 29.5 Å². The van der Waals surface area contributed by atoms with E-state index >= 15 is 0 Å². The number of benzene rings is 1. The van der Waals surface area contributed by atoms with Crippen LogP contribution in [0.1, 0.15) is 38.2 Å². The number of rotatable bonds is 8. The van der Waals surface area contributed by atoms with Crippen LogP contribution in [0.2, 0.25) is 0 Å². The highest BCUT2D eigenvalue weighted by molar-refractivity contribution is 5.74. The van der Waals surface area contributed by atoms with Crippen molar-refractivity contribution in [1.82, 2.24) is 15.5 Å². The van der Waals surface area contributed by atoms with E-state index < -0.39 is 5.97 Å². The van der Waals surface area contributed by atoms with Crippen LogP contribution in [0.15, 0.2) is 30.3 Å². The molecule has 1 fully saturated rings. The summed E-state index contributed by atoms with van der Waals surface area (Å²) >= 11 is 0. The molecule has 1 aromatic rings. The molecule has 0 aliphatic carbocycles. The lowest BCUT2D eigenvalue weighted by Crippen LogP contribution is -2.48. The largest absolute Gasteiger partial charge is 0.481 e. The van der Waals surface area contributed by atoms with Crippen molar-refractivity contribution in [3.05, 3.63) is 35.9 Å². The third-order valence-corrected chi connectivity index (χ3v) is 5.24. The molecule has 0 radical (unpaired) electrons. The highest BCUT2D eigenvalue weighted by atomic mass is 16.4. The van der Waals surface area contributed by atoms with Gasteiger partial charge in [0.05, 0.1) is 0 Å². The molecule has 6 heteroatoms. The molecule has 1 saturated heterocycles. The first-order valence-corrected chi connectivity index (χ1v) is 9.35. The summed E-state index contributed by atoms with van der Waals surface area (Å²) in [5, 5.41) is 14.9. The van der Waals surface area contributed by atoms with Gasteiger partial charge in [-0.2, -0.15) is 0 Å². The fourth-order valence-corrected chi connectivity index (χ4v) is 3.29. The summed E-state index contributed by atoms with van der Waals surface area (Å²) in [5.41, 5.74) is 1.21. The number of likely N-dealkylation sites (tertiary alicyclic amines) is 1. The number of carbonyl (C=O) groups is 2. The summed E-state index contributed by atoms with van der Waals surface area (Å²) < 4.78 is 0. The van der Waals surface area contributed by atoms with Crippen LogP contribution in [-0.4, -0.2) is 54.7 Å². The van der Waals surface area contributed by atoms with Gasteiger partial charge in [0.2, 0.25) is 0 Å². The molecule has 0 saturated carbocycles.